The number of hydrogen-bond donors (Lipinski definition) is 1. The Balaban J connectivity index is 1.76. The summed E-state index contributed by atoms with van der Waals surface area (Å²) in [5.41, 5.74) is 8.61. The normalized spacial score (nSPS) is 15.1. The van der Waals surface area contributed by atoms with Gasteiger partial charge in [-0.25, -0.2) is 0 Å². The van der Waals surface area contributed by atoms with E-state index in [4.69, 9.17) is 22.1 Å². The fraction of sp³-hybridized carbons (Fsp3) is 0.333. The highest BCUT2D eigenvalue weighted by Crippen LogP contribution is 2.33. The zero-order valence-electron chi connectivity index (χ0n) is 10.6. The molecule has 1 aromatic heterocycles. The van der Waals surface area contributed by atoms with E-state index in [1.54, 1.807) is 11.3 Å². The van der Waals surface area contributed by atoms with Crippen molar-refractivity contribution in [2.24, 2.45) is 5.73 Å². The molecule has 0 fully saturated rings. The van der Waals surface area contributed by atoms with Crippen LogP contribution in [0.4, 0.5) is 0 Å². The van der Waals surface area contributed by atoms with E-state index in [0.717, 1.165) is 42.2 Å². The largest absolute Gasteiger partial charge is 0.493 e. The Hall–Kier alpha value is -1.03. The fourth-order valence-corrected chi connectivity index (χ4v) is 3.60. The second-order valence-electron chi connectivity index (χ2n) is 4.90. The number of hydrogen-bond acceptors (Lipinski definition) is 3. The van der Waals surface area contributed by atoms with Crippen LogP contribution in [0.15, 0.2) is 29.6 Å². The molecule has 19 heavy (non-hydrogen) atoms. The molecule has 1 aromatic carbocycles. The molecule has 100 valence electrons. The van der Waals surface area contributed by atoms with Gasteiger partial charge in [-0.1, -0.05) is 17.7 Å². The van der Waals surface area contributed by atoms with Crippen LogP contribution < -0.4 is 10.5 Å². The van der Waals surface area contributed by atoms with E-state index in [1.165, 1.54) is 10.4 Å². The molecule has 2 N–H and O–H groups in total. The molecule has 1 atom stereocenters. The topological polar surface area (TPSA) is 35.2 Å². The summed E-state index contributed by atoms with van der Waals surface area (Å²) in [7, 11) is 0. The lowest BCUT2D eigenvalue weighted by molar-refractivity contribution is 0.352. The SMILES string of the molecule is NC(Cc1cccs1)Cc1cc(Cl)cc2c1OCC2. The summed E-state index contributed by atoms with van der Waals surface area (Å²) in [4.78, 5) is 1.33. The van der Waals surface area contributed by atoms with Crippen LogP contribution >= 0.6 is 22.9 Å². The van der Waals surface area contributed by atoms with Crippen LogP contribution in [0.25, 0.3) is 0 Å². The molecular formula is C15H16ClNOS. The summed E-state index contributed by atoms with van der Waals surface area (Å²) in [6, 6.07) is 8.28. The Morgan fingerprint density at radius 1 is 1.37 bits per heavy atom. The van der Waals surface area contributed by atoms with E-state index in [9.17, 15) is 0 Å². The highest BCUT2D eigenvalue weighted by molar-refractivity contribution is 7.09. The van der Waals surface area contributed by atoms with Gasteiger partial charge in [0.1, 0.15) is 5.75 Å². The van der Waals surface area contributed by atoms with Gasteiger partial charge in [-0.05, 0) is 47.5 Å². The quantitative estimate of drug-likeness (QED) is 0.937. The molecule has 1 aliphatic rings. The maximum atomic E-state index is 6.25. The Bertz CT molecular complexity index is 568. The van der Waals surface area contributed by atoms with E-state index in [-0.39, 0.29) is 6.04 Å². The Morgan fingerprint density at radius 2 is 2.26 bits per heavy atom. The number of nitrogens with two attached hydrogens (primary N) is 1. The summed E-state index contributed by atoms with van der Waals surface area (Å²) in [6.07, 6.45) is 2.66. The molecule has 0 saturated carbocycles. The van der Waals surface area contributed by atoms with Gasteiger partial charge in [0.25, 0.3) is 0 Å². The van der Waals surface area contributed by atoms with E-state index in [2.05, 4.69) is 17.5 Å². The summed E-state index contributed by atoms with van der Waals surface area (Å²) >= 11 is 7.91. The molecule has 4 heteroatoms. The van der Waals surface area contributed by atoms with Crippen molar-refractivity contribution in [1.82, 2.24) is 0 Å². The van der Waals surface area contributed by atoms with Gasteiger partial charge in [0.05, 0.1) is 6.61 Å². The van der Waals surface area contributed by atoms with Gasteiger partial charge in [-0.3, -0.25) is 0 Å². The molecule has 2 aromatic rings. The first kappa shape index (κ1) is 13.0. The van der Waals surface area contributed by atoms with Crippen molar-refractivity contribution in [1.29, 1.82) is 0 Å². The average Bonchev–Trinajstić information content (AvgIpc) is 2.99. The molecule has 0 bridgehead atoms. The number of benzene rings is 1. The number of rotatable bonds is 4. The van der Waals surface area contributed by atoms with Crippen molar-refractivity contribution in [3.8, 4) is 5.75 Å². The average molecular weight is 294 g/mol. The minimum Gasteiger partial charge on any atom is -0.493 e. The molecule has 0 saturated heterocycles. The van der Waals surface area contributed by atoms with Gasteiger partial charge in [-0.15, -0.1) is 11.3 Å². The third kappa shape index (κ3) is 2.94. The monoisotopic (exact) mass is 293 g/mol. The Labute approximate surface area is 122 Å². The van der Waals surface area contributed by atoms with Gasteiger partial charge < -0.3 is 10.5 Å². The number of ether oxygens (including phenoxy) is 1. The second-order valence-corrected chi connectivity index (χ2v) is 6.37. The van der Waals surface area contributed by atoms with Crippen molar-refractivity contribution >= 4 is 22.9 Å². The third-order valence-electron chi connectivity index (χ3n) is 3.35. The standard InChI is InChI=1S/C15H16ClNOS/c16-12-6-10-3-4-18-15(10)11(7-12)8-13(17)9-14-2-1-5-19-14/h1-2,5-7,13H,3-4,8-9,17H2. The molecule has 2 nitrogen and oxygen atoms in total. The minimum atomic E-state index is 0.102. The third-order valence-corrected chi connectivity index (χ3v) is 4.47. The lowest BCUT2D eigenvalue weighted by Gasteiger charge is -2.14. The summed E-state index contributed by atoms with van der Waals surface area (Å²) in [5.74, 6) is 1.01. The van der Waals surface area contributed by atoms with Crippen molar-refractivity contribution in [2.75, 3.05) is 6.61 Å². The van der Waals surface area contributed by atoms with Crippen molar-refractivity contribution in [2.45, 2.75) is 25.3 Å². The van der Waals surface area contributed by atoms with Gasteiger partial charge in [0.15, 0.2) is 0 Å². The number of fused-ring (bicyclic) bond motifs is 1. The smallest absolute Gasteiger partial charge is 0.125 e. The van der Waals surface area contributed by atoms with Crippen molar-refractivity contribution in [3.63, 3.8) is 0 Å². The van der Waals surface area contributed by atoms with Crippen LogP contribution in [0.1, 0.15) is 16.0 Å². The predicted octanol–water partition coefficient (Wildman–Crippen LogP) is 3.45. The van der Waals surface area contributed by atoms with Gasteiger partial charge in [-0.2, -0.15) is 0 Å². The van der Waals surface area contributed by atoms with Crippen molar-refractivity contribution in [3.05, 3.63) is 50.7 Å². The molecule has 0 spiro atoms. The summed E-state index contributed by atoms with van der Waals surface area (Å²) in [6.45, 7) is 0.753. The summed E-state index contributed by atoms with van der Waals surface area (Å²) < 4.78 is 5.71. The Kier molecular flexibility index (Phi) is 3.78. The molecule has 1 aliphatic heterocycles. The van der Waals surface area contributed by atoms with Crippen molar-refractivity contribution < 1.29 is 4.74 Å². The zero-order valence-corrected chi connectivity index (χ0v) is 12.1. The molecule has 0 aliphatic carbocycles. The van der Waals surface area contributed by atoms with E-state index < -0.39 is 0 Å². The van der Waals surface area contributed by atoms with E-state index in [1.807, 2.05) is 12.1 Å². The summed E-state index contributed by atoms with van der Waals surface area (Å²) in [5, 5.41) is 2.87. The maximum absolute atomic E-state index is 6.25. The highest BCUT2D eigenvalue weighted by Gasteiger charge is 2.19. The first-order valence-corrected chi connectivity index (χ1v) is 7.70. The maximum Gasteiger partial charge on any atom is 0.125 e. The minimum absolute atomic E-state index is 0.102. The van der Waals surface area contributed by atoms with Crippen LogP contribution in [0.3, 0.4) is 0 Å². The van der Waals surface area contributed by atoms with Crippen LogP contribution in [-0.4, -0.2) is 12.6 Å². The molecule has 0 amide bonds. The van der Waals surface area contributed by atoms with E-state index in [0.29, 0.717) is 0 Å². The number of halogens is 1. The molecule has 1 unspecified atom stereocenters. The van der Waals surface area contributed by atoms with Crippen LogP contribution in [0.5, 0.6) is 5.75 Å². The molecule has 2 heterocycles. The Morgan fingerprint density at radius 3 is 3.05 bits per heavy atom. The first-order chi connectivity index (χ1) is 9.22. The molecular weight excluding hydrogens is 278 g/mol. The van der Waals surface area contributed by atoms with Gasteiger partial charge in [0.2, 0.25) is 0 Å². The fourth-order valence-electron chi connectivity index (χ4n) is 2.54. The zero-order chi connectivity index (χ0) is 13.2. The second kappa shape index (κ2) is 5.53. The van der Waals surface area contributed by atoms with Gasteiger partial charge in [0, 0.05) is 22.4 Å². The highest BCUT2D eigenvalue weighted by atomic mass is 35.5. The van der Waals surface area contributed by atoms with Gasteiger partial charge >= 0.3 is 0 Å². The molecule has 3 rings (SSSR count). The number of thiophene rings is 1. The lowest BCUT2D eigenvalue weighted by Crippen LogP contribution is -2.25. The van der Waals surface area contributed by atoms with Crippen LogP contribution in [0, 0.1) is 0 Å². The van der Waals surface area contributed by atoms with E-state index >= 15 is 0 Å². The molecule has 0 radical (unpaired) electrons. The van der Waals surface area contributed by atoms with Crippen LogP contribution in [-0.2, 0) is 19.3 Å². The predicted molar refractivity (Wildman–Crippen MR) is 80.4 cm³/mol. The first-order valence-electron chi connectivity index (χ1n) is 6.44. The lowest BCUT2D eigenvalue weighted by atomic mass is 10.00. The van der Waals surface area contributed by atoms with Crippen LogP contribution in [0.2, 0.25) is 5.02 Å².